The number of rotatable bonds is 6. The van der Waals surface area contributed by atoms with Gasteiger partial charge in [0.1, 0.15) is 16.5 Å². The molecule has 0 bridgehead atoms. The lowest BCUT2D eigenvalue weighted by Gasteiger charge is -2.18. The fourth-order valence-corrected chi connectivity index (χ4v) is 3.93. The molecular weight excluding hydrogens is 322 g/mol. The minimum Gasteiger partial charge on any atom is -0.494 e. The van der Waals surface area contributed by atoms with Crippen molar-refractivity contribution in [3.05, 3.63) is 35.3 Å². The molecule has 6 heteroatoms. The zero-order valence-corrected chi connectivity index (χ0v) is 14.6. The summed E-state index contributed by atoms with van der Waals surface area (Å²) in [5.41, 5.74) is 7.24. The molecule has 0 radical (unpaired) electrons. The van der Waals surface area contributed by atoms with Gasteiger partial charge in [-0.15, -0.1) is 11.3 Å². The molecule has 0 spiro atoms. The van der Waals surface area contributed by atoms with Crippen LogP contribution in [0.3, 0.4) is 0 Å². The Morgan fingerprint density at radius 2 is 2.17 bits per heavy atom. The number of hydrogen-bond acceptors (Lipinski definition) is 5. The SMILES string of the molecule is CCOc1ccc(-c2nc(C(=O)NC3CCCC3CN)cs2)cc1. The van der Waals surface area contributed by atoms with Gasteiger partial charge in [0, 0.05) is 17.0 Å². The highest BCUT2D eigenvalue weighted by molar-refractivity contribution is 7.13. The smallest absolute Gasteiger partial charge is 0.271 e. The number of aromatic nitrogens is 1. The summed E-state index contributed by atoms with van der Waals surface area (Å²) >= 11 is 1.48. The van der Waals surface area contributed by atoms with Crippen molar-refractivity contribution in [3.8, 4) is 16.3 Å². The first kappa shape index (κ1) is 16.9. The molecule has 0 aliphatic heterocycles. The highest BCUT2D eigenvalue weighted by atomic mass is 32.1. The van der Waals surface area contributed by atoms with Crippen LogP contribution in [0.4, 0.5) is 0 Å². The van der Waals surface area contributed by atoms with Crippen LogP contribution in [0, 0.1) is 5.92 Å². The maximum atomic E-state index is 12.4. The Morgan fingerprint density at radius 3 is 2.88 bits per heavy atom. The van der Waals surface area contributed by atoms with E-state index in [-0.39, 0.29) is 11.9 Å². The van der Waals surface area contributed by atoms with Crippen molar-refractivity contribution in [2.45, 2.75) is 32.2 Å². The molecule has 1 fully saturated rings. The maximum Gasteiger partial charge on any atom is 0.271 e. The average Bonchev–Trinajstić information content (AvgIpc) is 3.25. The number of carbonyl (C=O) groups excluding carboxylic acids is 1. The fraction of sp³-hybridized carbons (Fsp3) is 0.444. The Labute approximate surface area is 146 Å². The van der Waals surface area contributed by atoms with Gasteiger partial charge in [-0.1, -0.05) is 6.42 Å². The number of benzene rings is 1. The summed E-state index contributed by atoms with van der Waals surface area (Å²) in [5.74, 6) is 1.12. The second-order valence-electron chi connectivity index (χ2n) is 6.00. The van der Waals surface area contributed by atoms with Gasteiger partial charge in [0.15, 0.2) is 0 Å². The molecule has 1 aliphatic rings. The highest BCUT2D eigenvalue weighted by Gasteiger charge is 2.28. The number of carbonyl (C=O) groups is 1. The van der Waals surface area contributed by atoms with E-state index in [0.29, 0.717) is 24.8 Å². The first-order valence-electron chi connectivity index (χ1n) is 8.41. The number of nitrogens with zero attached hydrogens (tertiary/aromatic N) is 1. The zero-order valence-electron chi connectivity index (χ0n) is 13.8. The minimum atomic E-state index is -0.103. The lowest BCUT2D eigenvalue weighted by Crippen LogP contribution is -2.40. The number of nitrogens with one attached hydrogen (secondary N) is 1. The molecule has 3 rings (SSSR count). The Balaban J connectivity index is 1.67. The molecule has 24 heavy (non-hydrogen) atoms. The van der Waals surface area contributed by atoms with Gasteiger partial charge in [-0.25, -0.2) is 4.98 Å². The molecule has 1 aromatic carbocycles. The molecule has 1 amide bonds. The predicted molar refractivity (Wildman–Crippen MR) is 96.4 cm³/mol. The summed E-state index contributed by atoms with van der Waals surface area (Å²) in [4.78, 5) is 16.9. The average molecular weight is 345 g/mol. The number of ether oxygens (including phenoxy) is 1. The summed E-state index contributed by atoms with van der Waals surface area (Å²) in [5, 5.41) is 5.74. The second kappa shape index (κ2) is 7.77. The van der Waals surface area contributed by atoms with Crippen LogP contribution >= 0.6 is 11.3 Å². The molecule has 3 N–H and O–H groups in total. The first-order valence-corrected chi connectivity index (χ1v) is 9.29. The molecule has 1 saturated carbocycles. The zero-order chi connectivity index (χ0) is 16.9. The van der Waals surface area contributed by atoms with Gasteiger partial charge in [0.25, 0.3) is 5.91 Å². The van der Waals surface area contributed by atoms with Crippen LogP contribution in [0.25, 0.3) is 10.6 Å². The van der Waals surface area contributed by atoms with Crippen molar-refractivity contribution in [1.82, 2.24) is 10.3 Å². The second-order valence-corrected chi connectivity index (χ2v) is 6.86. The molecule has 1 aromatic heterocycles. The van der Waals surface area contributed by atoms with Crippen molar-refractivity contribution in [3.63, 3.8) is 0 Å². The van der Waals surface area contributed by atoms with E-state index < -0.39 is 0 Å². The van der Waals surface area contributed by atoms with Crippen molar-refractivity contribution in [2.24, 2.45) is 11.7 Å². The molecule has 1 heterocycles. The monoisotopic (exact) mass is 345 g/mol. The lowest BCUT2D eigenvalue weighted by atomic mass is 10.0. The van der Waals surface area contributed by atoms with Crippen LogP contribution in [0.2, 0.25) is 0 Å². The van der Waals surface area contributed by atoms with Crippen molar-refractivity contribution < 1.29 is 9.53 Å². The van der Waals surface area contributed by atoms with Crippen molar-refractivity contribution in [2.75, 3.05) is 13.2 Å². The quantitative estimate of drug-likeness (QED) is 0.843. The third kappa shape index (κ3) is 3.76. The Kier molecular flexibility index (Phi) is 5.48. The molecule has 1 aliphatic carbocycles. The van der Waals surface area contributed by atoms with E-state index in [1.54, 1.807) is 0 Å². The van der Waals surface area contributed by atoms with E-state index in [9.17, 15) is 4.79 Å². The molecule has 2 unspecified atom stereocenters. The van der Waals surface area contributed by atoms with E-state index in [4.69, 9.17) is 10.5 Å². The van der Waals surface area contributed by atoms with Gasteiger partial charge in [-0.3, -0.25) is 4.79 Å². The fourth-order valence-electron chi connectivity index (χ4n) is 3.12. The van der Waals surface area contributed by atoms with E-state index >= 15 is 0 Å². The largest absolute Gasteiger partial charge is 0.494 e. The summed E-state index contributed by atoms with van der Waals surface area (Å²) in [6.07, 6.45) is 3.22. The molecule has 2 aromatic rings. The Hall–Kier alpha value is -1.92. The predicted octanol–water partition coefficient (Wildman–Crippen LogP) is 3.07. The van der Waals surface area contributed by atoms with Crippen molar-refractivity contribution >= 4 is 17.2 Å². The number of hydrogen-bond donors (Lipinski definition) is 2. The van der Waals surface area contributed by atoms with E-state index in [1.165, 1.54) is 11.3 Å². The van der Waals surface area contributed by atoms with E-state index in [0.717, 1.165) is 35.6 Å². The van der Waals surface area contributed by atoms with Gasteiger partial charge < -0.3 is 15.8 Å². The number of amides is 1. The summed E-state index contributed by atoms with van der Waals surface area (Å²) in [6, 6.07) is 7.95. The summed E-state index contributed by atoms with van der Waals surface area (Å²) < 4.78 is 5.44. The lowest BCUT2D eigenvalue weighted by molar-refractivity contribution is 0.0924. The van der Waals surface area contributed by atoms with Crippen LogP contribution in [-0.4, -0.2) is 30.1 Å². The number of nitrogens with two attached hydrogens (primary N) is 1. The molecule has 128 valence electrons. The highest BCUT2D eigenvalue weighted by Crippen LogP contribution is 2.27. The van der Waals surface area contributed by atoms with Gasteiger partial charge >= 0.3 is 0 Å². The van der Waals surface area contributed by atoms with Crippen LogP contribution in [0.5, 0.6) is 5.75 Å². The minimum absolute atomic E-state index is 0.103. The van der Waals surface area contributed by atoms with Gasteiger partial charge in [0.2, 0.25) is 0 Å². The van der Waals surface area contributed by atoms with Crippen LogP contribution in [0.15, 0.2) is 29.6 Å². The molecular formula is C18H23N3O2S. The summed E-state index contributed by atoms with van der Waals surface area (Å²) in [6.45, 7) is 3.23. The van der Waals surface area contributed by atoms with Crippen LogP contribution in [0.1, 0.15) is 36.7 Å². The van der Waals surface area contributed by atoms with Gasteiger partial charge in [-0.05, 0) is 56.5 Å². The third-order valence-electron chi connectivity index (χ3n) is 4.43. The topological polar surface area (TPSA) is 77.2 Å². The Morgan fingerprint density at radius 1 is 1.38 bits per heavy atom. The van der Waals surface area contributed by atoms with Gasteiger partial charge in [0.05, 0.1) is 6.61 Å². The molecule has 0 saturated heterocycles. The van der Waals surface area contributed by atoms with E-state index in [1.807, 2.05) is 36.6 Å². The molecule has 2 atom stereocenters. The normalized spacial score (nSPS) is 20.1. The Bertz CT molecular complexity index is 684. The first-order chi connectivity index (χ1) is 11.7. The molecule has 5 nitrogen and oxygen atoms in total. The van der Waals surface area contributed by atoms with Crippen molar-refractivity contribution in [1.29, 1.82) is 0 Å². The van der Waals surface area contributed by atoms with Gasteiger partial charge in [-0.2, -0.15) is 0 Å². The maximum absolute atomic E-state index is 12.4. The van der Waals surface area contributed by atoms with Crippen LogP contribution < -0.4 is 15.8 Å². The standard InChI is InChI=1S/C18H23N3O2S/c1-2-23-14-8-6-12(7-9-14)18-21-16(11-24-18)17(22)20-15-5-3-4-13(15)10-19/h6-9,11,13,15H,2-5,10,19H2,1H3,(H,20,22). The number of thiazole rings is 1. The third-order valence-corrected chi connectivity index (χ3v) is 5.32. The summed E-state index contributed by atoms with van der Waals surface area (Å²) in [7, 11) is 0. The van der Waals surface area contributed by atoms with Crippen LogP contribution in [-0.2, 0) is 0 Å². The van der Waals surface area contributed by atoms with E-state index in [2.05, 4.69) is 10.3 Å².